The van der Waals surface area contributed by atoms with Gasteiger partial charge in [0.25, 0.3) is 5.91 Å². The molecule has 1 aliphatic heterocycles. The molecule has 0 saturated carbocycles. The van der Waals surface area contributed by atoms with Gasteiger partial charge in [-0.2, -0.15) is 0 Å². The monoisotopic (exact) mass is 397 g/mol. The van der Waals surface area contributed by atoms with Crippen molar-refractivity contribution in [1.29, 1.82) is 0 Å². The first-order valence-corrected chi connectivity index (χ1v) is 9.84. The van der Waals surface area contributed by atoms with Crippen molar-refractivity contribution in [3.63, 3.8) is 0 Å². The summed E-state index contributed by atoms with van der Waals surface area (Å²) in [5.74, 6) is 0.743. The first-order chi connectivity index (χ1) is 14.1. The Morgan fingerprint density at radius 3 is 2.55 bits per heavy atom. The molecule has 6 heteroatoms. The van der Waals surface area contributed by atoms with Crippen molar-refractivity contribution in [2.75, 3.05) is 27.4 Å². The number of amides is 2. The lowest BCUT2D eigenvalue weighted by Crippen LogP contribution is -2.45. The van der Waals surface area contributed by atoms with Crippen LogP contribution < -0.4 is 9.47 Å². The number of benzene rings is 2. The molecule has 29 heavy (non-hydrogen) atoms. The van der Waals surface area contributed by atoms with Gasteiger partial charge in [-0.3, -0.25) is 14.5 Å². The number of nitrogens with zero attached hydrogens (tertiary/aromatic N) is 1. The van der Waals surface area contributed by atoms with Crippen LogP contribution in [0.2, 0.25) is 0 Å². The van der Waals surface area contributed by atoms with Crippen LogP contribution in [0, 0.1) is 0 Å². The average molecular weight is 397 g/mol. The Balaban J connectivity index is 2.00. The van der Waals surface area contributed by atoms with Gasteiger partial charge in [0.15, 0.2) is 11.5 Å². The first kappa shape index (κ1) is 20.9. The molecular formula is C23H27NO5. The number of hydrogen-bond donors (Lipinski definition) is 0. The summed E-state index contributed by atoms with van der Waals surface area (Å²) in [7, 11) is 3.20. The van der Waals surface area contributed by atoms with Crippen LogP contribution >= 0.6 is 0 Å². The molecule has 0 saturated heterocycles. The molecule has 2 aromatic carbocycles. The van der Waals surface area contributed by atoms with Crippen molar-refractivity contribution in [3.8, 4) is 11.5 Å². The lowest BCUT2D eigenvalue weighted by Gasteiger charge is -2.34. The zero-order chi connectivity index (χ0) is 20.8. The molecule has 2 amide bonds. The van der Waals surface area contributed by atoms with E-state index >= 15 is 0 Å². The quantitative estimate of drug-likeness (QED) is 0.603. The fraction of sp³-hybridized carbons (Fsp3) is 0.391. The predicted octanol–water partition coefficient (Wildman–Crippen LogP) is 3.79. The molecule has 0 N–H and O–H groups in total. The van der Waals surface area contributed by atoms with E-state index in [-0.39, 0.29) is 18.2 Å². The van der Waals surface area contributed by atoms with Gasteiger partial charge >= 0.3 is 0 Å². The lowest BCUT2D eigenvalue weighted by molar-refractivity contribution is -0.130. The van der Waals surface area contributed by atoms with Crippen LogP contribution in [0.4, 0.5) is 0 Å². The molecule has 154 valence electrons. The van der Waals surface area contributed by atoms with Crippen molar-refractivity contribution in [2.45, 2.75) is 32.2 Å². The molecule has 1 heterocycles. The van der Waals surface area contributed by atoms with Gasteiger partial charge in [-0.05, 0) is 42.2 Å². The molecule has 1 unspecified atom stereocenters. The van der Waals surface area contributed by atoms with Crippen LogP contribution in [0.15, 0.2) is 42.5 Å². The first-order valence-electron chi connectivity index (χ1n) is 9.84. The summed E-state index contributed by atoms with van der Waals surface area (Å²) < 4.78 is 16.5. The summed E-state index contributed by atoms with van der Waals surface area (Å²) in [5, 5.41) is 0. The molecule has 3 rings (SSSR count). The Bertz CT molecular complexity index is 879. The summed E-state index contributed by atoms with van der Waals surface area (Å²) in [4.78, 5) is 27.5. The Morgan fingerprint density at radius 1 is 1.03 bits per heavy atom. The van der Waals surface area contributed by atoms with Crippen molar-refractivity contribution in [3.05, 3.63) is 59.2 Å². The highest BCUT2D eigenvalue weighted by Crippen LogP contribution is 2.36. The predicted molar refractivity (Wildman–Crippen MR) is 109 cm³/mol. The van der Waals surface area contributed by atoms with E-state index < -0.39 is 6.04 Å². The third-order valence-corrected chi connectivity index (χ3v) is 5.02. The normalized spacial score (nSPS) is 14.5. The molecule has 0 aliphatic carbocycles. The highest BCUT2D eigenvalue weighted by molar-refractivity contribution is 6.10. The van der Waals surface area contributed by atoms with E-state index in [9.17, 15) is 9.59 Å². The van der Waals surface area contributed by atoms with Gasteiger partial charge in [0.05, 0.1) is 26.2 Å². The maximum atomic E-state index is 13.2. The van der Waals surface area contributed by atoms with E-state index in [1.807, 2.05) is 43.3 Å². The van der Waals surface area contributed by atoms with E-state index in [1.54, 1.807) is 20.3 Å². The molecule has 0 bridgehead atoms. The van der Waals surface area contributed by atoms with E-state index in [4.69, 9.17) is 14.2 Å². The number of imide groups is 1. The minimum Gasteiger partial charge on any atom is -0.493 e. The van der Waals surface area contributed by atoms with Gasteiger partial charge in [0.1, 0.15) is 0 Å². The molecule has 1 aliphatic rings. The minimum absolute atomic E-state index is 0.207. The van der Waals surface area contributed by atoms with Gasteiger partial charge in [0.2, 0.25) is 5.91 Å². The highest BCUT2D eigenvalue weighted by atomic mass is 16.5. The second kappa shape index (κ2) is 9.56. The number of carbonyl (C=O) groups excluding carboxylic acids is 2. The second-order valence-corrected chi connectivity index (χ2v) is 6.96. The third kappa shape index (κ3) is 4.43. The molecule has 6 nitrogen and oxygen atoms in total. The third-order valence-electron chi connectivity index (χ3n) is 5.02. The smallest absolute Gasteiger partial charge is 0.261 e. The topological polar surface area (TPSA) is 65.1 Å². The van der Waals surface area contributed by atoms with Gasteiger partial charge < -0.3 is 14.2 Å². The SMILES string of the molecule is CCCOc1cc(C(CCOC)N2C(=O)Cc3ccccc3C2=O)ccc1OC. The fourth-order valence-corrected chi connectivity index (χ4v) is 3.59. The molecule has 0 spiro atoms. The standard InChI is InChI=1S/C23H27NO5/c1-4-12-29-21-14-17(9-10-20(21)28-3)19(11-13-27-2)24-22(25)15-16-7-5-6-8-18(16)23(24)26/h5-10,14,19H,4,11-13,15H2,1-3H3. The van der Waals surface area contributed by atoms with Gasteiger partial charge in [-0.25, -0.2) is 0 Å². The highest BCUT2D eigenvalue weighted by Gasteiger charge is 2.36. The number of methoxy groups -OCH3 is 2. The Labute approximate surface area is 171 Å². The number of rotatable bonds is 9. The summed E-state index contributed by atoms with van der Waals surface area (Å²) in [6.45, 7) is 3.00. The van der Waals surface area contributed by atoms with Crippen LogP contribution in [0.5, 0.6) is 11.5 Å². The van der Waals surface area contributed by atoms with Gasteiger partial charge in [0, 0.05) is 19.3 Å². The van der Waals surface area contributed by atoms with Crippen LogP contribution in [-0.2, 0) is 16.0 Å². The molecule has 0 fully saturated rings. The van der Waals surface area contributed by atoms with Crippen molar-refractivity contribution < 1.29 is 23.8 Å². The summed E-state index contributed by atoms with van der Waals surface area (Å²) in [6, 6.07) is 12.4. The summed E-state index contributed by atoms with van der Waals surface area (Å²) in [6.07, 6.45) is 1.57. The Morgan fingerprint density at radius 2 is 1.83 bits per heavy atom. The van der Waals surface area contributed by atoms with Crippen LogP contribution in [0.1, 0.15) is 47.3 Å². The van der Waals surface area contributed by atoms with Crippen LogP contribution in [0.3, 0.4) is 0 Å². The summed E-state index contributed by atoms with van der Waals surface area (Å²) >= 11 is 0. The molecular weight excluding hydrogens is 370 g/mol. The lowest BCUT2D eigenvalue weighted by atomic mass is 9.94. The molecule has 0 radical (unpaired) electrons. The van der Waals surface area contributed by atoms with Gasteiger partial charge in [-0.1, -0.05) is 31.2 Å². The van der Waals surface area contributed by atoms with E-state index in [2.05, 4.69) is 0 Å². The van der Waals surface area contributed by atoms with E-state index in [0.29, 0.717) is 36.7 Å². The number of carbonyl (C=O) groups is 2. The van der Waals surface area contributed by atoms with Crippen molar-refractivity contribution in [1.82, 2.24) is 4.90 Å². The second-order valence-electron chi connectivity index (χ2n) is 6.96. The fourth-order valence-electron chi connectivity index (χ4n) is 3.59. The largest absolute Gasteiger partial charge is 0.493 e. The van der Waals surface area contributed by atoms with E-state index in [1.165, 1.54) is 4.90 Å². The zero-order valence-corrected chi connectivity index (χ0v) is 17.1. The zero-order valence-electron chi connectivity index (χ0n) is 17.1. The minimum atomic E-state index is -0.446. The number of hydrogen-bond acceptors (Lipinski definition) is 5. The average Bonchev–Trinajstić information content (AvgIpc) is 2.74. The number of fused-ring (bicyclic) bond motifs is 1. The van der Waals surface area contributed by atoms with Crippen molar-refractivity contribution >= 4 is 11.8 Å². The number of ether oxygens (including phenoxy) is 3. The molecule has 2 aromatic rings. The van der Waals surface area contributed by atoms with E-state index in [0.717, 1.165) is 17.5 Å². The maximum Gasteiger partial charge on any atom is 0.261 e. The molecule has 0 aromatic heterocycles. The Kier molecular flexibility index (Phi) is 6.88. The maximum absolute atomic E-state index is 13.2. The van der Waals surface area contributed by atoms with Crippen LogP contribution in [0.25, 0.3) is 0 Å². The Hall–Kier alpha value is -2.86. The molecule has 1 atom stereocenters. The van der Waals surface area contributed by atoms with Gasteiger partial charge in [-0.15, -0.1) is 0 Å². The summed E-state index contributed by atoms with van der Waals surface area (Å²) in [5.41, 5.74) is 2.16. The van der Waals surface area contributed by atoms with Crippen molar-refractivity contribution in [2.24, 2.45) is 0 Å². The van der Waals surface area contributed by atoms with Crippen LogP contribution in [-0.4, -0.2) is 44.1 Å².